The largest absolute Gasteiger partial charge is 0.346 e. The molecular weight excluding hydrogens is 504 g/mol. The lowest BCUT2D eigenvalue weighted by Gasteiger charge is -2.25. The van der Waals surface area contributed by atoms with Gasteiger partial charge in [-0.25, -0.2) is 9.97 Å². The summed E-state index contributed by atoms with van der Waals surface area (Å²) in [6.07, 6.45) is 3.18. The van der Waals surface area contributed by atoms with Gasteiger partial charge in [0.2, 0.25) is 11.9 Å². The van der Waals surface area contributed by atoms with Gasteiger partial charge in [-0.2, -0.15) is 5.10 Å². The quantitative estimate of drug-likeness (QED) is 0.367. The molecule has 1 aromatic carbocycles. The molecule has 2 atom stereocenters. The monoisotopic (exact) mass is 530 g/mol. The zero-order valence-electron chi connectivity index (χ0n) is 21.4. The van der Waals surface area contributed by atoms with Crippen LogP contribution in [0.3, 0.4) is 0 Å². The van der Waals surface area contributed by atoms with E-state index in [-0.39, 0.29) is 17.9 Å². The molecule has 1 aliphatic rings. The van der Waals surface area contributed by atoms with E-state index in [1.165, 1.54) is 6.20 Å². The fourth-order valence-electron chi connectivity index (χ4n) is 4.38. The van der Waals surface area contributed by atoms with Gasteiger partial charge in [-0.15, -0.1) is 0 Å². The van der Waals surface area contributed by atoms with Crippen LogP contribution in [0.4, 0.5) is 11.8 Å². The van der Waals surface area contributed by atoms with Crippen LogP contribution in [-0.4, -0.2) is 47.5 Å². The number of amides is 2. The molecule has 11 heteroatoms. The number of nitrogens with one attached hydrogen (secondary N) is 2. The average molecular weight is 531 g/mol. The number of hydrogen-bond acceptors (Lipinski definition) is 7. The van der Waals surface area contributed by atoms with E-state index in [0.717, 1.165) is 22.8 Å². The van der Waals surface area contributed by atoms with Crippen LogP contribution in [0.5, 0.6) is 0 Å². The standard InChI is InChI=1S/C27H27ClN8O2/c1-15-6-5-7-22(31-15)16(2)32-25(37)17(3)36-14-19-9-8-18(12-20(19)26(36)38)24-21(28)13-29-27(34-24)33-23-10-11-30-35(23)4/h5-13,16-17H,14H2,1-4H3,(H,32,37)(H,29,33,34). The van der Waals surface area contributed by atoms with Crippen LogP contribution in [-0.2, 0) is 18.4 Å². The molecule has 0 radical (unpaired) electrons. The lowest BCUT2D eigenvalue weighted by Crippen LogP contribution is -2.46. The Morgan fingerprint density at radius 3 is 2.68 bits per heavy atom. The Bertz CT molecular complexity index is 1540. The normalized spacial score (nSPS) is 14.2. The number of aryl methyl sites for hydroxylation is 2. The first kappa shape index (κ1) is 25.3. The molecule has 2 N–H and O–H groups in total. The number of halogens is 1. The highest BCUT2D eigenvalue weighted by atomic mass is 35.5. The summed E-state index contributed by atoms with van der Waals surface area (Å²) in [5, 5.41) is 10.6. The van der Waals surface area contributed by atoms with Crippen molar-refractivity contribution in [3.05, 3.63) is 82.4 Å². The molecule has 1 aliphatic heterocycles. The van der Waals surface area contributed by atoms with E-state index in [0.29, 0.717) is 34.3 Å². The first-order valence-electron chi connectivity index (χ1n) is 12.2. The molecule has 4 heterocycles. The zero-order valence-corrected chi connectivity index (χ0v) is 22.2. The van der Waals surface area contributed by atoms with Gasteiger partial charge in [0.25, 0.3) is 5.91 Å². The third-order valence-corrected chi connectivity index (χ3v) is 6.86. The molecule has 0 bridgehead atoms. The number of aromatic nitrogens is 5. The summed E-state index contributed by atoms with van der Waals surface area (Å²) in [7, 11) is 1.80. The first-order valence-corrected chi connectivity index (χ1v) is 12.5. The summed E-state index contributed by atoms with van der Waals surface area (Å²) in [6, 6.07) is 12.0. The zero-order chi connectivity index (χ0) is 27.0. The van der Waals surface area contributed by atoms with E-state index in [2.05, 4.69) is 30.7 Å². The molecule has 38 heavy (non-hydrogen) atoms. The molecule has 4 aromatic rings. The molecular formula is C27H27ClN8O2. The average Bonchev–Trinajstić information content (AvgIpc) is 3.46. The summed E-state index contributed by atoms with van der Waals surface area (Å²) in [5.74, 6) is 0.609. The molecule has 3 aromatic heterocycles. The van der Waals surface area contributed by atoms with Crippen LogP contribution < -0.4 is 10.6 Å². The number of fused-ring (bicyclic) bond motifs is 1. The van der Waals surface area contributed by atoms with E-state index >= 15 is 0 Å². The van der Waals surface area contributed by atoms with Crippen LogP contribution in [0.1, 0.15) is 47.2 Å². The number of anilines is 2. The number of rotatable bonds is 7. The van der Waals surface area contributed by atoms with Gasteiger partial charge in [-0.05, 0) is 44.5 Å². The number of carbonyl (C=O) groups is 2. The molecule has 10 nitrogen and oxygen atoms in total. The van der Waals surface area contributed by atoms with Crippen molar-refractivity contribution in [3.63, 3.8) is 0 Å². The van der Waals surface area contributed by atoms with Gasteiger partial charge in [0.15, 0.2) is 0 Å². The fourth-order valence-corrected chi connectivity index (χ4v) is 4.58. The molecule has 0 aliphatic carbocycles. The van der Waals surface area contributed by atoms with Crippen LogP contribution in [0.2, 0.25) is 5.02 Å². The van der Waals surface area contributed by atoms with Crippen LogP contribution in [0.15, 0.2) is 54.9 Å². The molecule has 0 saturated carbocycles. The van der Waals surface area contributed by atoms with Gasteiger partial charge in [-0.1, -0.05) is 29.8 Å². The van der Waals surface area contributed by atoms with Gasteiger partial charge < -0.3 is 15.5 Å². The Labute approximate surface area is 225 Å². The smallest absolute Gasteiger partial charge is 0.255 e. The van der Waals surface area contributed by atoms with Gasteiger partial charge in [0, 0.05) is 36.5 Å². The Morgan fingerprint density at radius 2 is 1.95 bits per heavy atom. The van der Waals surface area contributed by atoms with Crippen LogP contribution in [0.25, 0.3) is 11.3 Å². The first-order chi connectivity index (χ1) is 18.2. The summed E-state index contributed by atoms with van der Waals surface area (Å²) >= 11 is 6.44. The lowest BCUT2D eigenvalue weighted by atomic mass is 10.0. The predicted octanol–water partition coefficient (Wildman–Crippen LogP) is 4.20. The van der Waals surface area contributed by atoms with E-state index in [9.17, 15) is 9.59 Å². The number of carbonyl (C=O) groups excluding carboxylic acids is 2. The van der Waals surface area contributed by atoms with Gasteiger partial charge in [0.1, 0.15) is 11.9 Å². The van der Waals surface area contributed by atoms with Crippen LogP contribution >= 0.6 is 11.6 Å². The molecule has 194 valence electrons. The topological polar surface area (TPSA) is 118 Å². The Kier molecular flexibility index (Phi) is 6.81. The maximum atomic E-state index is 13.4. The maximum Gasteiger partial charge on any atom is 0.255 e. The summed E-state index contributed by atoms with van der Waals surface area (Å²) in [4.78, 5) is 41.3. The van der Waals surface area contributed by atoms with Crippen molar-refractivity contribution in [2.75, 3.05) is 5.32 Å². The van der Waals surface area contributed by atoms with Gasteiger partial charge >= 0.3 is 0 Å². The lowest BCUT2D eigenvalue weighted by molar-refractivity contribution is -0.125. The van der Waals surface area contributed by atoms with Crippen LogP contribution in [0, 0.1) is 6.92 Å². The molecule has 5 rings (SSSR count). The van der Waals surface area contributed by atoms with Crippen molar-refractivity contribution in [2.45, 2.75) is 39.4 Å². The SMILES string of the molecule is Cc1cccc(C(C)NC(=O)C(C)N2Cc3ccc(-c4nc(Nc5ccnn5C)ncc4Cl)cc3C2=O)n1. The third kappa shape index (κ3) is 4.95. The van der Waals surface area contributed by atoms with E-state index < -0.39 is 6.04 Å². The number of benzene rings is 1. The minimum atomic E-state index is -0.664. The van der Waals surface area contributed by atoms with Crippen molar-refractivity contribution in [1.82, 2.24) is 34.9 Å². The van der Waals surface area contributed by atoms with E-state index in [1.807, 2.05) is 44.2 Å². The van der Waals surface area contributed by atoms with Gasteiger partial charge in [-0.3, -0.25) is 19.3 Å². The van der Waals surface area contributed by atoms with Crippen molar-refractivity contribution in [3.8, 4) is 11.3 Å². The third-order valence-electron chi connectivity index (χ3n) is 6.58. The number of nitrogens with zero attached hydrogens (tertiary/aromatic N) is 6. The van der Waals surface area contributed by atoms with Crippen molar-refractivity contribution >= 4 is 35.2 Å². The molecule has 2 unspecified atom stereocenters. The van der Waals surface area contributed by atoms with Crippen molar-refractivity contribution in [1.29, 1.82) is 0 Å². The second-order valence-corrected chi connectivity index (χ2v) is 9.68. The number of hydrogen-bond donors (Lipinski definition) is 2. The Morgan fingerprint density at radius 1 is 1.13 bits per heavy atom. The van der Waals surface area contributed by atoms with E-state index in [1.54, 1.807) is 41.9 Å². The predicted molar refractivity (Wildman–Crippen MR) is 144 cm³/mol. The highest BCUT2D eigenvalue weighted by Gasteiger charge is 2.34. The van der Waals surface area contributed by atoms with Crippen molar-refractivity contribution in [2.24, 2.45) is 7.05 Å². The Hall–Kier alpha value is -4.31. The second kappa shape index (κ2) is 10.2. The van der Waals surface area contributed by atoms with Crippen molar-refractivity contribution < 1.29 is 9.59 Å². The number of pyridine rings is 1. The fraction of sp³-hybridized carbons (Fsp3) is 0.259. The molecule has 2 amide bonds. The minimum Gasteiger partial charge on any atom is -0.346 e. The Balaban J connectivity index is 1.33. The molecule has 0 fully saturated rings. The van der Waals surface area contributed by atoms with Gasteiger partial charge in [0.05, 0.1) is 34.8 Å². The molecule has 0 spiro atoms. The highest BCUT2D eigenvalue weighted by molar-refractivity contribution is 6.33. The van der Waals surface area contributed by atoms with E-state index in [4.69, 9.17) is 11.6 Å². The second-order valence-electron chi connectivity index (χ2n) is 9.27. The summed E-state index contributed by atoms with van der Waals surface area (Å²) < 4.78 is 1.66. The summed E-state index contributed by atoms with van der Waals surface area (Å²) in [6.45, 7) is 5.85. The maximum absolute atomic E-state index is 13.4. The summed E-state index contributed by atoms with van der Waals surface area (Å²) in [5.41, 5.74) is 4.17. The minimum absolute atomic E-state index is 0.218. The highest BCUT2D eigenvalue weighted by Crippen LogP contribution is 2.32. The molecule has 0 saturated heterocycles.